The van der Waals surface area contributed by atoms with Crippen LogP contribution in [0, 0.1) is 18.6 Å². The van der Waals surface area contributed by atoms with Crippen LogP contribution in [-0.4, -0.2) is 53.9 Å². The quantitative estimate of drug-likeness (QED) is 0.533. The molecular formula is C20H21F2N5O2S2. The third-order valence-corrected chi connectivity index (χ3v) is 6.15. The number of likely N-dealkylation sites (N-methyl/N-ethyl adjacent to an activating group) is 1. The lowest BCUT2D eigenvalue weighted by molar-refractivity contribution is -0.115. The van der Waals surface area contributed by atoms with Gasteiger partial charge in [-0.25, -0.2) is 18.7 Å². The van der Waals surface area contributed by atoms with Gasteiger partial charge in [0.25, 0.3) is 5.91 Å². The van der Waals surface area contributed by atoms with Crippen LogP contribution in [0.3, 0.4) is 0 Å². The first-order chi connectivity index (χ1) is 14.7. The van der Waals surface area contributed by atoms with Crippen LogP contribution in [0.15, 0.2) is 23.6 Å². The molecule has 2 aromatic heterocycles. The van der Waals surface area contributed by atoms with Crippen LogP contribution >= 0.6 is 22.7 Å². The van der Waals surface area contributed by atoms with Crippen molar-refractivity contribution in [1.29, 1.82) is 0 Å². The molecule has 3 rings (SSSR count). The van der Waals surface area contributed by atoms with Crippen molar-refractivity contribution in [2.75, 3.05) is 32.5 Å². The highest BCUT2D eigenvalue weighted by Gasteiger charge is 2.19. The van der Waals surface area contributed by atoms with Gasteiger partial charge in [-0.15, -0.1) is 22.7 Å². The molecule has 0 spiro atoms. The number of hydrogen-bond acceptors (Lipinski definition) is 7. The van der Waals surface area contributed by atoms with Gasteiger partial charge in [0, 0.05) is 24.0 Å². The van der Waals surface area contributed by atoms with E-state index in [9.17, 15) is 18.4 Å². The number of carbonyl (C=O) groups is 2. The van der Waals surface area contributed by atoms with Gasteiger partial charge < -0.3 is 15.5 Å². The number of halogens is 2. The molecule has 0 aliphatic heterocycles. The minimum atomic E-state index is -0.772. The Morgan fingerprint density at radius 1 is 1.16 bits per heavy atom. The number of benzene rings is 1. The molecule has 0 unspecified atom stereocenters. The molecule has 0 bridgehead atoms. The Balaban J connectivity index is 1.66. The van der Waals surface area contributed by atoms with E-state index in [1.807, 2.05) is 19.0 Å². The first-order valence-electron chi connectivity index (χ1n) is 9.33. The number of aromatic nitrogens is 2. The molecule has 7 nitrogen and oxygen atoms in total. The molecule has 164 valence electrons. The Labute approximate surface area is 186 Å². The fraction of sp³-hybridized carbons (Fsp3) is 0.300. The highest BCUT2D eigenvalue weighted by Crippen LogP contribution is 2.32. The van der Waals surface area contributed by atoms with E-state index in [2.05, 4.69) is 20.6 Å². The molecule has 0 radical (unpaired) electrons. The molecule has 0 fully saturated rings. The molecule has 3 aromatic rings. The Morgan fingerprint density at radius 2 is 1.87 bits per heavy atom. The second-order valence-corrected chi connectivity index (χ2v) is 8.81. The summed E-state index contributed by atoms with van der Waals surface area (Å²) in [6.07, 6.45) is -0.440. The van der Waals surface area contributed by atoms with E-state index in [1.165, 1.54) is 28.7 Å². The normalized spacial score (nSPS) is 11.0. The van der Waals surface area contributed by atoms with Crippen LogP contribution in [0.25, 0.3) is 10.6 Å². The van der Waals surface area contributed by atoms with Gasteiger partial charge >= 0.3 is 0 Å². The molecule has 2 N–H and O–H groups in total. The summed E-state index contributed by atoms with van der Waals surface area (Å²) in [6.45, 7) is 3.01. The standard InChI is InChI=1S/C20H21F2N5O2S2/c1-11-17(31-19(24-11)18(29)23-7-8-27(2)3)15-10-30-20(25-15)26-16(28)9-12-13(21)5-4-6-14(12)22/h4-6,10H,7-9H2,1-3H3,(H,23,29)(H,25,26,28). The van der Waals surface area contributed by atoms with Crippen LogP contribution in [-0.2, 0) is 11.2 Å². The van der Waals surface area contributed by atoms with Crippen LogP contribution in [0.4, 0.5) is 13.9 Å². The average molecular weight is 466 g/mol. The van der Waals surface area contributed by atoms with Crippen molar-refractivity contribution in [2.45, 2.75) is 13.3 Å². The fourth-order valence-corrected chi connectivity index (χ4v) is 4.40. The first-order valence-corrected chi connectivity index (χ1v) is 11.0. The van der Waals surface area contributed by atoms with Crippen LogP contribution in [0.5, 0.6) is 0 Å². The second kappa shape index (κ2) is 10.0. The van der Waals surface area contributed by atoms with E-state index in [1.54, 1.807) is 12.3 Å². The summed E-state index contributed by atoms with van der Waals surface area (Å²) >= 11 is 2.39. The van der Waals surface area contributed by atoms with Crippen molar-refractivity contribution in [1.82, 2.24) is 20.2 Å². The Hall–Kier alpha value is -2.76. The zero-order valence-electron chi connectivity index (χ0n) is 17.2. The van der Waals surface area contributed by atoms with E-state index in [4.69, 9.17) is 0 Å². The highest BCUT2D eigenvalue weighted by atomic mass is 32.1. The third kappa shape index (κ3) is 5.90. The molecule has 1 aromatic carbocycles. The molecule has 0 saturated heterocycles. The fourth-order valence-electron chi connectivity index (χ4n) is 2.66. The lowest BCUT2D eigenvalue weighted by Crippen LogP contribution is -2.31. The number of carbonyl (C=O) groups excluding carboxylic acids is 2. The molecule has 0 aliphatic carbocycles. The number of aryl methyl sites for hydroxylation is 1. The minimum Gasteiger partial charge on any atom is -0.349 e. The number of amides is 2. The van der Waals surface area contributed by atoms with Gasteiger partial charge in [0.1, 0.15) is 11.6 Å². The van der Waals surface area contributed by atoms with E-state index in [-0.39, 0.29) is 11.5 Å². The summed E-state index contributed by atoms with van der Waals surface area (Å²) in [4.78, 5) is 35.8. The van der Waals surface area contributed by atoms with Crippen LogP contribution in [0.1, 0.15) is 21.1 Å². The minimum absolute atomic E-state index is 0.253. The SMILES string of the molecule is Cc1nc(C(=O)NCCN(C)C)sc1-c1csc(NC(=O)Cc2c(F)cccc2F)n1. The van der Waals surface area contributed by atoms with Gasteiger partial charge in [-0.2, -0.15) is 0 Å². The van der Waals surface area contributed by atoms with Gasteiger partial charge in [0.05, 0.1) is 22.7 Å². The maximum atomic E-state index is 13.7. The molecule has 2 heterocycles. The lowest BCUT2D eigenvalue weighted by Gasteiger charge is -2.09. The second-order valence-electron chi connectivity index (χ2n) is 6.96. The molecule has 0 aliphatic rings. The molecule has 31 heavy (non-hydrogen) atoms. The van der Waals surface area contributed by atoms with Gasteiger partial charge in [-0.05, 0) is 33.2 Å². The van der Waals surface area contributed by atoms with Gasteiger partial charge in [-0.3, -0.25) is 9.59 Å². The Bertz CT molecular complexity index is 1080. The number of thiazole rings is 2. The summed E-state index contributed by atoms with van der Waals surface area (Å²) in [5.41, 5.74) is 0.930. The molecule has 0 atom stereocenters. The van der Waals surface area contributed by atoms with Crippen LogP contribution in [0.2, 0.25) is 0 Å². The highest BCUT2D eigenvalue weighted by molar-refractivity contribution is 7.18. The number of rotatable bonds is 8. The summed E-state index contributed by atoms with van der Waals surface area (Å²) in [6, 6.07) is 3.45. The smallest absolute Gasteiger partial charge is 0.280 e. The van der Waals surface area contributed by atoms with Gasteiger partial charge in [0.2, 0.25) is 5.91 Å². The molecule has 0 saturated carbocycles. The number of hydrogen-bond donors (Lipinski definition) is 2. The maximum Gasteiger partial charge on any atom is 0.280 e. The van der Waals surface area contributed by atoms with E-state index < -0.39 is 24.0 Å². The predicted octanol–water partition coefficient (Wildman–Crippen LogP) is 3.33. The van der Waals surface area contributed by atoms with Crippen molar-refractivity contribution in [3.05, 3.63) is 51.5 Å². The molecular weight excluding hydrogens is 444 g/mol. The molecule has 2 amide bonds. The largest absolute Gasteiger partial charge is 0.349 e. The Morgan fingerprint density at radius 3 is 2.55 bits per heavy atom. The number of nitrogens with zero attached hydrogens (tertiary/aromatic N) is 3. The van der Waals surface area contributed by atoms with Crippen LogP contribution < -0.4 is 10.6 Å². The average Bonchev–Trinajstić information content (AvgIpc) is 3.31. The topological polar surface area (TPSA) is 87.2 Å². The lowest BCUT2D eigenvalue weighted by atomic mass is 10.1. The Kier molecular flexibility index (Phi) is 7.42. The predicted molar refractivity (Wildman–Crippen MR) is 118 cm³/mol. The summed E-state index contributed by atoms with van der Waals surface area (Å²) < 4.78 is 27.5. The van der Waals surface area contributed by atoms with Gasteiger partial charge in [-0.1, -0.05) is 6.07 Å². The summed E-state index contributed by atoms with van der Waals surface area (Å²) in [5.74, 6) is -2.37. The number of anilines is 1. The molecule has 11 heteroatoms. The van der Waals surface area contributed by atoms with Crippen molar-refractivity contribution in [2.24, 2.45) is 0 Å². The third-order valence-electron chi connectivity index (χ3n) is 4.22. The maximum absolute atomic E-state index is 13.7. The van der Waals surface area contributed by atoms with E-state index in [0.717, 1.165) is 23.6 Å². The first kappa shape index (κ1) is 22.9. The van der Waals surface area contributed by atoms with E-state index in [0.29, 0.717) is 28.1 Å². The number of nitrogens with one attached hydrogen (secondary N) is 2. The zero-order valence-corrected chi connectivity index (χ0v) is 18.8. The monoisotopic (exact) mass is 465 g/mol. The van der Waals surface area contributed by atoms with Crippen molar-refractivity contribution in [3.63, 3.8) is 0 Å². The zero-order chi connectivity index (χ0) is 22.5. The summed E-state index contributed by atoms with van der Waals surface area (Å²) in [5, 5.41) is 7.73. The van der Waals surface area contributed by atoms with Gasteiger partial charge in [0.15, 0.2) is 10.1 Å². The van der Waals surface area contributed by atoms with Crippen molar-refractivity contribution < 1.29 is 18.4 Å². The van der Waals surface area contributed by atoms with Crippen molar-refractivity contribution >= 4 is 39.6 Å². The summed E-state index contributed by atoms with van der Waals surface area (Å²) in [7, 11) is 3.84. The van der Waals surface area contributed by atoms with Crippen molar-refractivity contribution in [3.8, 4) is 10.6 Å². The van der Waals surface area contributed by atoms with E-state index >= 15 is 0 Å².